The molecule has 29 heavy (non-hydrogen) atoms. The molecule has 0 radical (unpaired) electrons. The molecule has 1 aromatic rings. The van der Waals surface area contributed by atoms with Gasteiger partial charge in [-0.25, -0.2) is 0 Å². The Morgan fingerprint density at radius 2 is 1.34 bits per heavy atom. The molecule has 0 unspecified atom stereocenters. The van der Waals surface area contributed by atoms with Gasteiger partial charge in [-0.1, -0.05) is 49.9 Å². The largest absolute Gasteiger partial charge is 0.384 e. The summed E-state index contributed by atoms with van der Waals surface area (Å²) < 4.78 is 0. The number of aryl methyl sites for hydroxylation is 1. The normalized spacial score (nSPS) is 11.2. The molecule has 0 amide bonds. The van der Waals surface area contributed by atoms with Crippen molar-refractivity contribution in [1.82, 2.24) is 5.32 Å². The Hall–Kier alpha value is -2.77. The van der Waals surface area contributed by atoms with Crippen LogP contribution < -0.4 is 28.3 Å². The highest BCUT2D eigenvalue weighted by Crippen LogP contribution is 2.08. The van der Waals surface area contributed by atoms with Gasteiger partial charge in [-0.2, -0.15) is 0 Å². The predicted molar refractivity (Wildman–Crippen MR) is 123 cm³/mol. The maximum absolute atomic E-state index is 7.40. The second kappa shape index (κ2) is 15.2. The highest BCUT2D eigenvalue weighted by molar-refractivity contribution is 5.94. The number of rotatable bonds is 15. The third kappa shape index (κ3) is 13.1. The Kier molecular flexibility index (Phi) is 12.7. The topological polar surface area (TPSA) is 165 Å². The number of nitrogen functional groups attached to an aromatic ring is 1. The molecule has 1 aromatic carbocycles. The van der Waals surface area contributed by atoms with Crippen LogP contribution in [-0.2, 0) is 6.42 Å². The van der Waals surface area contributed by atoms with Gasteiger partial charge in [-0.15, -0.1) is 0 Å². The average molecular weight is 403 g/mol. The fourth-order valence-corrected chi connectivity index (χ4v) is 2.92. The third-order valence-corrected chi connectivity index (χ3v) is 4.61. The second-order valence-electron chi connectivity index (χ2n) is 7.19. The van der Waals surface area contributed by atoms with Gasteiger partial charge < -0.3 is 28.3 Å². The van der Waals surface area contributed by atoms with E-state index >= 15 is 0 Å². The SMILES string of the molecule is N=C(N)c1ccc(CCCCNC(N)=NCCCCCCCCN=C(N)N)cc1. The number of amidine groups is 1. The van der Waals surface area contributed by atoms with E-state index in [9.17, 15) is 0 Å². The minimum absolute atomic E-state index is 0.107. The van der Waals surface area contributed by atoms with E-state index in [1.165, 1.54) is 24.8 Å². The highest BCUT2D eigenvalue weighted by Gasteiger charge is 1.98. The Bertz CT molecular complexity index is 633. The average Bonchev–Trinajstić information content (AvgIpc) is 2.69. The van der Waals surface area contributed by atoms with Crippen molar-refractivity contribution in [3.8, 4) is 0 Å². The van der Waals surface area contributed by atoms with E-state index in [0.717, 1.165) is 63.7 Å². The van der Waals surface area contributed by atoms with E-state index in [4.69, 9.17) is 28.3 Å². The van der Waals surface area contributed by atoms with Crippen molar-refractivity contribution in [2.75, 3.05) is 19.6 Å². The van der Waals surface area contributed by atoms with Crippen molar-refractivity contribution in [3.05, 3.63) is 35.4 Å². The van der Waals surface area contributed by atoms with E-state index < -0.39 is 0 Å². The molecular weight excluding hydrogens is 364 g/mol. The van der Waals surface area contributed by atoms with Crippen LogP contribution in [0.1, 0.15) is 62.5 Å². The smallest absolute Gasteiger partial charge is 0.188 e. The number of nitrogens with zero attached hydrogens (tertiary/aromatic N) is 2. The van der Waals surface area contributed by atoms with Crippen molar-refractivity contribution >= 4 is 17.8 Å². The van der Waals surface area contributed by atoms with Crippen molar-refractivity contribution < 1.29 is 0 Å². The Morgan fingerprint density at radius 3 is 1.93 bits per heavy atom. The van der Waals surface area contributed by atoms with E-state index in [1.807, 2.05) is 24.3 Å². The zero-order valence-electron chi connectivity index (χ0n) is 17.5. The van der Waals surface area contributed by atoms with E-state index in [2.05, 4.69) is 15.3 Å². The van der Waals surface area contributed by atoms with Gasteiger partial charge in [0.25, 0.3) is 0 Å². The molecule has 10 N–H and O–H groups in total. The molecule has 1 rings (SSSR count). The molecule has 0 aromatic heterocycles. The second-order valence-corrected chi connectivity index (χ2v) is 7.19. The van der Waals surface area contributed by atoms with Crippen molar-refractivity contribution in [3.63, 3.8) is 0 Å². The first-order valence-corrected chi connectivity index (χ1v) is 10.5. The van der Waals surface area contributed by atoms with Crippen LogP contribution in [0, 0.1) is 5.41 Å². The summed E-state index contributed by atoms with van der Waals surface area (Å²) in [4.78, 5) is 8.35. The maximum atomic E-state index is 7.40. The maximum Gasteiger partial charge on any atom is 0.188 e. The quantitative estimate of drug-likeness (QED) is 0.149. The Morgan fingerprint density at radius 1 is 0.759 bits per heavy atom. The van der Waals surface area contributed by atoms with Crippen LogP contribution >= 0.6 is 0 Å². The van der Waals surface area contributed by atoms with Crippen LogP contribution in [0.25, 0.3) is 0 Å². The molecule has 8 nitrogen and oxygen atoms in total. The number of benzene rings is 1. The standard InChI is InChI=1S/C21H38N8/c22-19(23)18-12-10-17(11-13-18)9-5-8-16-29-21(26)28-15-7-4-2-1-3-6-14-27-20(24)25/h10-13H,1-9,14-16H2,(H3,22,23)(H4,24,25,27)(H3,26,28,29). The fourth-order valence-electron chi connectivity index (χ4n) is 2.92. The van der Waals surface area contributed by atoms with Gasteiger partial charge in [0.05, 0.1) is 0 Å². The molecule has 0 aliphatic rings. The summed E-state index contributed by atoms with van der Waals surface area (Å²) in [6, 6.07) is 7.86. The number of guanidine groups is 2. The van der Waals surface area contributed by atoms with Crippen LogP contribution in [0.2, 0.25) is 0 Å². The molecule has 0 aliphatic heterocycles. The third-order valence-electron chi connectivity index (χ3n) is 4.61. The highest BCUT2D eigenvalue weighted by atomic mass is 15.1. The van der Waals surface area contributed by atoms with Crippen LogP contribution in [-0.4, -0.2) is 37.4 Å². The lowest BCUT2D eigenvalue weighted by Gasteiger charge is -2.06. The van der Waals surface area contributed by atoms with Crippen LogP contribution in [0.15, 0.2) is 34.3 Å². The molecule has 0 bridgehead atoms. The summed E-state index contributed by atoms with van der Waals surface area (Å²) in [5.74, 6) is 0.817. The summed E-state index contributed by atoms with van der Waals surface area (Å²) in [5.41, 5.74) is 24.0. The number of nitrogens with two attached hydrogens (primary N) is 4. The van der Waals surface area contributed by atoms with Gasteiger partial charge in [0, 0.05) is 25.2 Å². The monoisotopic (exact) mass is 402 g/mol. The zero-order chi connectivity index (χ0) is 21.3. The van der Waals surface area contributed by atoms with Crippen LogP contribution in [0.3, 0.4) is 0 Å². The molecule has 0 saturated carbocycles. The van der Waals surface area contributed by atoms with Crippen LogP contribution in [0.5, 0.6) is 0 Å². The summed E-state index contributed by atoms with van der Waals surface area (Å²) >= 11 is 0. The Balaban J connectivity index is 1.97. The zero-order valence-corrected chi connectivity index (χ0v) is 17.5. The molecule has 8 heteroatoms. The molecule has 162 valence electrons. The molecule has 0 spiro atoms. The van der Waals surface area contributed by atoms with Gasteiger partial charge >= 0.3 is 0 Å². The summed E-state index contributed by atoms with van der Waals surface area (Å²) in [7, 11) is 0. The van der Waals surface area contributed by atoms with Gasteiger partial charge in [-0.05, 0) is 37.7 Å². The molecular formula is C21H38N8. The fraction of sp³-hybridized carbons (Fsp3) is 0.571. The van der Waals surface area contributed by atoms with Gasteiger partial charge in [0.15, 0.2) is 11.9 Å². The lowest BCUT2D eigenvalue weighted by Crippen LogP contribution is -2.32. The molecule has 0 fully saturated rings. The van der Waals surface area contributed by atoms with E-state index in [1.54, 1.807) is 0 Å². The van der Waals surface area contributed by atoms with Gasteiger partial charge in [0.2, 0.25) is 0 Å². The van der Waals surface area contributed by atoms with E-state index in [-0.39, 0.29) is 11.8 Å². The number of hydrogen-bond acceptors (Lipinski definition) is 3. The first kappa shape index (κ1) is 24.3. The Labute approximate surface area is 174 Å². The lowest BCUT2D eigenvalue weighted by molar-refractivity contribution is 0.601. The minimum atomic E-state index is 0.107. The first-order chi connectivity index (χ1) is 14.0. The summed E-state index contributed by atoms with van der Waals surface area (Å²) in [6.07, 6.45) is 9.94. The van der Waals surface area contributed by atoms with Crippen molar-refractivity contribution in [2.24, 2.45) is 32.9 Å². The van der Waals surface area contributed by atoms with Gasteiger partial charge in [-0.3, -0.25) is 15.4 Å². The van der Waals surface area contributed by atoms with E-state index in [0.29, 0.717) is 5.96 Å². The molecule has 0 heterocycles. The first-order valence-electron chi connectivity index (χ1n) is 10.5. The predicted octanol–water partition coefficient (Wildman–Crippen LogP) is 1.81. The molecule has 0 aliphatic carbocycles. The van der Waals surface area contributed by atoms with Crippen molar-refractivity contribution in [2.45, 2.75) is 57.8 Å². The van der Waals surface area contributed by atoms with Gasteiger partial charge in [0.1, 0.15) is 5.84 Å². The number of hydrogen-bond donors (Lipinski definition) is 6. The number of unbranched alkanes of at least 4 members (excludes halogenated alkanes) is 6. The molecule has 0 atom stereocenters. The van der Waals surface area contributed by atoms with Crippen molar-refractivity contribution in [1.29, 1.82) is 5.41 Å². The minimum Gasteiger partial charge on any atom is -0.384 e. The number of aliphatic imine (C=N–C) groups is 2. The van der Waals surface area contributed by atoms with Crippen LogP contribution in [0.4, 0.5) is 0 Å². The summed E-state index contributed by atoms with van der Waals surface area (Å²) in [6.45, 7) is 2.33. The lowest BCUT2D eigenvalue weighted by atomic mass is 10.1. The number of nitrogens with one attached hydrogen (secondary N) is 2. The molecule has 0 saturated heterocycles. The summed E-state index contributed by atoms with van der Waals surface area (Å²) in [5, 5.41) is 10.6.